The number of aromatic nitrogens is 2. The van der Waals surface area contributed by atoms with E-state index in [9.17, 15) is 9.18 Å². The Bertz CT molecular complexity index is 898. The van der Waals surface area contributed by atoms with Crippen molar-refractivity contribution in [2.24, 2.45) is 5.10 Å². The number of amides is 1. The monoisotopic (exact) mass is 362 g/mol. The molecule has 2 N–H and O–H groups in total. The molecule has 0 aliphatic rings. The Hall–Kier alpha value is -2.51. The third-order valence-electron chi connectivity index (χ3n) is 3.18. The zero-order valence-corrected chi connectivity index (χ0v) is 14.1. The van der Waals surface area contributed by atoms with Crippen LogP contribution >= 0.6 is 22.9 Å². The summed E-state index contributed by atoms with van der Waals surface area (Å²) >= 11 is 7.47. The lowest BCUT2D eigenvalue weighted by molar-refractivity contribution is 0.0950. The highest BCUT2D eigenvalue weighted by molar-refractivity contribution is 7.15. The van der Waals surface area contributed by atoms with Crippen molar-refractivity contribution < 1.29 is 9.18 Å². The molecule has 8 heteroatoms. The van der Waals surface area contributed by atoms with Gasteiger partial charge in [0, 0.05) is 10.4 Å². The van der Waals surface area contributed by atoms with Crippen LogP contribution in [0.15, 0.2) is 41.5 Å². The second-order valence-corrected chi connectivity index (χ2v) is 6.61. The van der Waals surface area contributed by atoms with Gasteiger partial charge in [0.15, 0.2) is 5.69 Å². The summed E-state index contributed by atoms with van der Waals surface area (Å²) in [6.07, 6.45) is 1.16. The molecule has 122 valence electrons. The van der Waals surface area contributed by atoms with E-state index in [1.807, 2.05) is 19.1 Å². The Morgan fingerprint density at radius 3 is 2.96 bits per heavy atom. The summed E-state index contributed by atoms with van der Waals surface area (Å²) in [6.45, 7) is 2.00. The van der Waals surface area contributed by atoms with Gasteiger partial charge in [0.05, 0.1) is 21.8 Å². The molecule has 1 amide bonds. The fourth-order valence-electron chi connectivity index (χ4n) is 1.99. The first kappa shape index (κ1) is 16.4. The van der Waals surface area contributed by atoms with Gasteiger partial charge in [-0.3, -0.25) is 9.89 Å². The fourth-order valence-corrected chi connectivity index (χ4v) is 3.04. The fraction of sp³-hybridized carbons (Fsp3) is 0.0625. The average Bonchev–Trinajstić information content (AvgIpc) is 3.19. The van der Waals surface area contributed by atoms with E-state index >= 15 is 0 Å². The average molecular weight is 363 g/mol. The van der Waals surface area contributed by atoms with E-state index in [0.29, 0.717) is 0 Å². The van der Waals surface area contributed by atoms with Crippen molar-refractivity contribution in [3.8, 4) is 10.6 Å². The van der Waals surface area contributed by atoms with Crippen molar-refractivity contribution in [1.82, 2.24) is 15.6 Å². The molecule has 0 unspecified atom stereocenters. The summed E-state index contributed by atoms with van der Waals surface area (Å²) in [6, 6.07) is 9.86. The van der Waals surface area contributed by atoms with Gasteiger partial charge < -0.3 is 0 Å². The van der Waals surface area contributed by atoms with Crippen molar-refractivity contribution in [1.29, 1.82) is 0 Å². The first-order valence-corrected chi connectivity index (χ1v) is 8.13. The number of carbonyl (C=O) groups is 1. The quantitative estimate of drug-likeness (QED) is 0.544. The van der Waals surface area contributed by atoms with E-state index in [2.05, 4.69) is 20.7 Å². The van der Waals surface area contributed by atoms with E-state index < -0.39 is 11.7 Å². The minimum absolute atomic E-state index is 0.108. The molecule has 3 rings (SSSR count). The molecular weight excluding hydrogens is 351 g/mol. The zero-order chi connectivity index (χ0) is 17.1. The Morgan fingerprint density at radius 1 is 1.42 bits per heavy atom. The molecule has 2 aromatic heterocycles. The van der Waals surface area contributed by atoms with Gasteiger partial charge in [-0.2, -0.15) is 10.2 Å². The van der Waals surface area contributed by atoms with Gasteiger partial charge in [-0.05, 0) is 37.3 Å². The summed E-state index contributed by atoms with van der Waals surface area (Å²) in [5.41, 5.74) is 3.34. The molecule has 2 heterocycles. The minimum atomic E-state index is -0.518. The lowest BCUT2D eigenvalue weighted by atomic mass is 10.2. The molecule has 0 aliphatic carbocycles. The van der Waals surface area contributed by atoms with Gasteiger partial charge >= 0.3 is 0 Å². The van der Waals surface area contributed by atoms with E-state index in [4.69, 9.17) is 11.6 Å². The molecule has 0 bridgehead atoms. The number of hydrazone groups is 1. The second kappa shape index (κ2) is 6.94. The third kappa shape index (κ3) is 3.52. The highest BCUT2D eigenvalue weighted by Gasteiger charge is 2.12. The van der Waals surface area contributed by atoms with E-state index in [1.54, 1.807) is 17.4 Å². The Labute approximate surface area is 146 Å². The number of benzene rings is 1. The molecule has 0 radical (unpaired) electrons. The van der Waals surface area contributed by atoms with Crippen LogP contribution in [0.4, 0.5) is 4.39 Å². The molecule has 1 aromatic carbocycles. The number of H-pyrrole nitrogens is 1. The maximum Gasteiger partial charge on any atom is 0.291 e. The summed E-state index contributed by atoms with van der Waals surface area (Å²) in [4.78, 5) is 14.2. The molecular formula is C16H12ClFN4OS. The van der Waals surface area contributed by atoms with Crippen molar-refractivity contribution in [3.63, 3.8) is 0 Å². The van der Waals surface area contributed by atoms with Gasteiger partial charge in [-0.25, -0.2) is 9.82 Å². The van der Waals surface area contributed by atoms with E-state index in [1.165, 1.54) is 18.2 Å². The predicted molar refractivity (Wildman–Crippen MR) is 93.1 cm³/mol. The van der Waals surface area contributed by atoms with Crippen LogP contribution in [0.3, 0.4) is 0 Å². The Balaban J connectivity index is 1.70. The first-order chi connectivity index (χ1) is 11.5. The number of aryl methyl sites for hydroxylation is 1. The molecule has 0 fully saturated rings. The molecule has 0 atom stereocenters. The largest absolute Gasteiger partial charge is 0.291 e. The highest BCUT2D eigenvalue weighted by Crippen LogP contribution is 2.26. The van der Waals surface area contributed by atoms with Crippen LogP contribution in [0.25, 0.3) is 10.6 Å². The van der Waals surface area contributed by atoms with Gasteiger partial charge in [-0.1, -0.05) is 17.7 Å². The number of rotatable bonds is 4. The lowest BCUT2D eigenvalue weighted by Crippen LogP contribution is -2.18. The summed E-state index contributed by atoms with van der Waals surface area (Å²) < 4.78 is 13.6. The number of aromatic amines is 1. The van der Waals surface area contributed by atoms with Crippen LogP contribution < -0.4 is 5.43 Å². The summed E-state index contributed by atoms with van der Waals surface area (Å²) in [5.74, 6) is -1.02. The Kier molecular flexibility index (Phi) is 4.73. The van der Waals surface area contributed by atoms with Gasteiger partial charge in [-0.15, -0.1) is 11.3 Å². The third-order valence-corrected chi connectivity index (χ3v) is 4.54. The van der Waals surface area contributed by atoms with Crippen molar-refractivity contribution in [2.75, 3.05) is 0 Å². The zero-order valence-electron chi connectivity index (χ0n) is 12.5. The highest BCUT2D eigenvalue weighted by atomic mass is 35.5. The normalized spacial score (nSPS) is 11.1. The molecule has 0 spiro atoms. The SMILES string of the molecule is Cc1ccc(-c2cc(C(=O)N/N=C/c3c(F)cccc3Cl)n[nH]2)s1. The van der Waals surface area contributed by atoms with E-state index in [0.717, 1.165) is 21.7 Å². The number of nitrogens with one attached hydrogen (secondary N) is 2. The summed E-state index contributed by atoms with van der Waals surface area (Å²) in [7, 11) is 0. The number of nitrogens with zero attached hydrogens (tertiary/aromatic N) is 2. The molecule has 0 saturated heterocycles. The maximum absolute atomic E-state index is 13.6. The topological polar surface area (TPSA) is 70.1 Å². The second-order valence-electron chi connectivity index (χ2n) is 4.91. The first-order valence-electron chi connectivity index (χ1n) is 6.94. The molecule has 5 nitrogen and oxygen atoms in total. The van der Waals surface area contributed by atoms with Crippen molar-refractivity contribution >= 4 is 35.1 Å². The molecule has 0 aliphatic heterocycles. The van der Waals surface area contributed by atoms with Gasteiger partial charge in [0.1, 0.15) is 5.82 Å². The number of halogens is 2. The summed E-state index contributed by atoms with van der Waals surface area (Å²) in [5, 5.41) is 10.7. The van der Waals surface area contributed by atoms with Crippen LogP contribution in [-0.2, 0) is 0 Å². The smallest absolute Gasteiger partial charge is 0.276 e. The Morgan fingerprint density at radius 2 is 2.25 bits per heavy atom. The van der Waals surface area contributed by atoms with Crippen LogP contribution in [0.2, 0.25) is 5.02 Å². The molecule has 0 saturated carbocycles. The van der Waals surface area contributed by atoms with Gasteiger partial charge in [0.25, 0.3) is 5.91 Å². The number of carbonyl (C=O) groups excluding carboxylic acids is 1. The van der Waals surface area contributed by atoms with E-state index in [-0.39, 0.29) is 16.3 Å². The lowest BCUT2D eigenvalue weighted by Gasteiger charge is -1.99. The van der Waals surface area contributed by atoms with Gasteiger partial charge in [0.2, 0.25) is 0 Å². The number of thiophene rings is 1. The van der Waals surface area contributed by atoms with Crippen LogP contribution in [-0.4, -0.2) is 22.3 Å². The van der Waals surface area contributed by atoms with Crippen molar-refractivity contribution in [2.45, 2.75) is 6.92 Å². The standard InChI is InChI=1S/C16H12ClFN4OS/c1-9-5-6-15(24-9)13-7-14(21-20-13)16(23)22-19-8-10-11(17)3-2-4-12(10)18/h2-8H,1H3,(H,20,21)(H,22,23)/b19-8+. The van der Waals surface area contributed by atoms with Crippen LogP contribution in [0, 0.1) is 12.7 Å². The molecule has 3 aromatic rings. The van der Waals surface area contributed by atoms with Crippen molar-refractivity contribution in [3.05, 3.63) is 63.4 Å². The van der Waals surface area contributed by atoms with Crippen LogP contribution in [0.1, 0.15) is 20.9 Å². The predicted octanol–water partition coefficient (Wildman–Crippen LogP) is 4.00. The number of hydrogen-bond acceptors (Lipinski definition) is 4. The van der Waals surface area contributed by atoms with Crippen LogP contribution in [0.5, 0.6) is 0 Å². The number of hydrogen-bond donors (Lipinski definition) is 2. The maximum atomic E-state index is 13.6. The minimum Gasteiger partial charge on any atom is -0.276 e. The molecule has 24 heavy (non-hydrogen) atoms.